The van der Waals surface area contributed by atoms with Crippen molar-refractivity contribution in [2.45, 2.75) is 44.3 Å². The Morgan fingerprint density at radius 3 is 2.59 bits per heavy atom. The lowest BCUT2D eigenvalue weighted by Crippen LogP contribution is -2.43. The number of alkyl halides is 3. The van der Waals surface area contributed by atoms with E-state index in [1.165, 1.54) is 5.56 Å². The molecule has 11 heteroatoms. The van der Waals surface area contributed by atoms with E-state index in [2.05, 4.69) is 16.4 Å². The number of aliphatic carboxylic acids is 1. The number of carbonyl (C=O) groups is 2. The van der Waals surface area contributed by atoms with Crippen LogP contribution >= 0.6 is 0 Å². The highest BCUT2D eigenvalue weighted by molar-refractivity contribution is 5.98. The number of aryl methyl sites for hydroxylation is 2. The fourth-order valence-electron chi connectivity index (χ4n) is 4.33. The van der Waals surface area contributed by atoms with E-state index in [1.54, 1.807) is 24.3 Å². The standard InChI is InChI=1S/C28H27F4N3O4/c29-22-7-1-6-21(28(30,31)32)24(22)26(36)35-23(27(37)38)16-17-8-12-20(13-9-17)39-15-3-5-19-11-10-18-4-2-14-33-25(18)34-19/h1,6-13,23H,2-5,14-16H2,(H,33,34)(H,35,36)(H,37,38)/t23-/m1/s1. The lowest BCUT2D eigenvalue weighted by atomic mass is 10.0. The minimum Gasteiger partial charge on any atom is -0.494 e. The highest BCUT2D eigenvalue weighted by Gasteiger charge is 2.37. The van der Waals surface area contributed by atoms with Gasteiger partial charge in [-0.1, -0.05) is 24.3 Å². The van der Waals surface area contributed by atoms with Crippen molar-refractivity contribution in [3.05, 3.63) is 88.4 Å². The number of carbonyl (C=O) groups excluding carboxylic acids is 1. The van der Waals surface area contributed by atoms with E-state index in [9.17, 15) is 32.3 Å². The molecule has 0 radical (unpaired) electrons. The summed E-state index contributed by atoms with van der Waals surface area (Å²) in [6.45, 7) is 1.36. The van der Waals surface area contributed by atoms with E-state index in [4.69, 9.17) is 4.74 Å². The second kappa shape index (κ2) is 12.1. The molecule has 3 aromatic rings. The molecule has 0 fully saturated rings. The second-order valence-electron chi connectivity index (χ2n) is 9.17. The van der Waals surface area contributed by atoms with Crippen molar-refractivity contribution >= 4 is 17.7 Å². The van der Waals surface area contributed by atoms with Gasteiger partial charge in [-0.3, -0.25) is 4.79 Å². The van der Waals surface area contributed by atoms with Gasteiger partial charge in [0.15, 0.2) is 0 Å². The molecule has 0 saturated heterocycles. The van der Waals surface area contributed by atoms with E-state index in [0.29, 0.717) is 30.1 Å². The van der Waals surface area contributed by atoms with Gasteiger partial charge in [-0.25, -0.2) is 14.2 Å². The van der Waals surface area contributed by atoms with Gasteiger partial charge in [-0.05, 0) is 67.1 Å². The molecule has 1 amide bonds. The largest absolute Gasteiger partial charge is 0.494 e. The number of rotatable bonds is 10. The summed E-state index contributed by atoms with van der Waals surface area (Å²) in [6, 6.07) is 11.1. The maximum atomic E-state index is 14.1. The summed E-state index contributed by atoms with van der Waals surface area (Å²) in [4.78, 5) is 28.8. The Kier molecular flexibility index (Phi) is 8.68. The molecule has 7 nitrogen and oxygen atoms in total. The summed E-state index contributed by atoms with van der Waals surface area (Å²) < 4.78 is 59.6. The van der Waals surface area contributed by atoms with Crippen LogP contribution in [0.1, 0.15) is 45.6 Å². The number of halogens is 4. The first-order valence-corrected chi connectivity index (χ1v) is 12.5. The minimum absolute atomic E-state index is 0.227. The van der Waals surface area contributed by atoms with Crippen molar-refractivity contribution in [2.75, 3.05) is 18.5 Å². The molecule has 1 atom stereocenters. The van der Waals surface area contributed by atoms with E-state index in [-0.39, 0.29) is 6.42 Å². The molecule has 3 N–H and O–H groups in total. The van der Waals surface area contributed by atoms with Gasteiger partial charge in [0.05, 0.1) is 17.7 Å². The number of pyridine rings is 1. The summed E-state index contributed by atoms with van der Waals surface area (Å²) in [7, 11) is 0. The molecule has 206 valence electrons. The van der Waals surface area contributed by atoms with Crippen LogP contribution in [0.5, 0.6) is 5.75 Å². The third kappa shape index (κ3) is 7.24. The van der Waals surface area contributed by atoms with Crippen LogP contribution in [0, 0.1) is 5.82 Å². The topological polar surface area (TPSA) is 101 Å². The summed E-state index contributed by atoms with van der Waals surface area (Å²) in [5, 5.41) is 14.8. The molecule has 2 heterocycles. The zero-order valence-corrected chi connectivity index (χ0v) is 20.9. The first kappa shape index (κ1) is 27.9. The SMILES string of the molecule is O=C(N[C@H](Cc1ccc(OCCCc2ccc3c(n2)NCCC3)cc1)C(=O)O)c1c(F)cccc1C(F)(F)F. The number of nitrogens with one attached hydrogen (secondary N) is 2. The van der Waals surface area contributed by atoms with Crippen LogP contribution in [0.15, 0.2) is 54.6 Å². The van der Waals surface area contributed by atoms with Crippen LogP contribution in [-0.4, -0.2) is 41.2 Å². The van der Waals surface area contributed by atoms with Gasteiger partial charge in [0.2, 0.25) is 0 Å². The molecule has 0 spiro atoms. The van der Waals surface area contributed by atoms with Crippen LogP contribution in [0.25, 0.3) is 0 Å². The fraction of sp³-hybridized carbons (Fsp3) is 0.321. The molecule has 0 unspecified atom stereocenters. The number of fused-ring (bicyclic) bond motifs is 1. The number of carboxylic acid groups (broad SMARTS) is 1. The zero-order chi connectivity index (χ0) is 28.0. The third-order valence-corrected chi connectivity index (χ3v) is 6.31. The van der Waals surface area contributed by atoms with Crippen LogP contribution in [0.3, 0.4) is 0 Å². The molecule has 0 saturated carbocycles. The van der Waals surface area contributed by atoms with Gasteiger partial charge in [0.25, 0.3) is 5.91 Å². The average molecular weight is 546 g/mol. The van der Waals surface area contributed by atoms with E-state index >= 15 is 0 Å². The Morgan fingerprint density at radius 1 is 1.10 bits per heavy atom. The molecule has 4 rings (SSSR count). The second-order valence-corrected chi connectivity index (χ2v) is 9.17. The molecule has 0 bridgehead atoms. The molecule has 39 heavy (non-hydrogen) atoms. The average Bonchev–Trinajstić information content (AvgIpc) is 2.90. The van der Waals surface area contributed by atoms with E-state index in [1.807, 2.05) is 11.4 Å². The first-order valence-electron chi connectivity index (χ1n) is 12.5. The Balaban J connectivity index is 1.31. The lowest BCUT2D eigenvalue weighted by Gasteiger charge is -2.18. The van der Waals surface area contributed by atoms with Gasteiger partial charge in [0.1, 0.15) is 23.4 Å². The van der Waals surface area contributed by atoms with Gasteiger partial charge in [0, 0.05) is 18.7 Å². The number of ether oxygens (including phenoxy) is 1. The third-order valence-electron chi connectivity index (χ3n) is 6.31. The zero-order valence-electron chi connectivity index (χ0n) is 20.9. The van der Waals surface area contributed by atoms with Crippen LogP contribution in [0.2, 0.25) is 0 Å². The summed E-state index contributed by atoms with van der Waals surface area (Å²) in [6.07, 6.45) is -1.62. The maximum absolute atomic E-state index is 14.1. The number of carboxylic acids is 1. The van der Waals surface area contributed by atoms with Crippen molar-refractivity contribution in [2.24, 2.45) is 0 Å². The molecule has 0 aliphatic carbocycles. The Bertz CT molecular complexity index is 1330. The van der Waals surface area contributed by atoms with Gasteiger partial charge >= 0.3 is 12.1 Å². The molecular formula is C28H27F4N3O4. The Hall–Kier alpha value is -4.15. The van der Waals surface area contributed by atoms with Crippen molar-refractivity contribution in [1.82, 2.24) is 10.3 Å². The van der Waals surface area contributed by atoms with Crippen molar-refractivity contribution in [1.29, 1.82) is 0 Å². The Labute approximate surface area is 222 Å². The van der Waals surface area contributed by atoms with Crippen LogP contribution < -0.4 is 15.4 Å². The van der Waals surface area contributed by atoms with E-state index in [0.717, 1.165) is 49.8 Å². The highest BCUT2D eigenvalue weighted by Crippen LogP contribution is 2.33. The lowest BCUT2D eigenvalue weighted by molar-refractivity contribution is -0.139. The number of hydrogen-bond acceptors (Lipinski definition) is 5. The quantitative estimate of drug-likeness (QED) is 0.244. The van der Waals surface area contributed by atoms with Crippen molar-refractivity contribution in [3.63, 3.8) is 0 Å². The maximum Gasteiger partial charge on any atom is 0.417 e. The predicted octanol–water partition coefficient (Wildman–Crippen LogP) is 5.03. The highest BCUT2D eigenvalue weighted by atomic mass is 19.4. The number of aromatic nitrogens is 1. The van der Waals surface area contributed by atoms with Crippen LogP contribution in [-0.2, 0) is 30.2 Å². The summed E-state index contributed by atoms with van der Waals surface area (Å²) in [5.74, 6) is -2.83. The normalized spacial score (nSPS) is 13.6. The molecule has 1 aromatic heterocycles. The van der Waals surface area contributed by atoms with Gasteiger partial charge < -0.3 is 20.5 Å². The number of nitrogens with zero attached hydrogens (tertiary/aromatic N) is 1. The first-order chi connectivity index (χ1) is 18.6. The summed E-state index contributed by atoms with van der Waals surface area (Å²) in [5.41, 5.74) is -0.0390. The molecule has 2 aromatic carbocycles. The number of hydrogen-bond donors (Lipinski definition) is 3. The molecule has 1 aliphatic heterocycles. The van der Waals surface area contributed by atoms with Crippen molar-refractivity contribution < 1.29 is 37.0 Å². The minimum atomic E-state index is -4.99. The van der Waals surface area contributed by atoms with Gasteiger partial charge in [-0.2, -0.15) is 13.2 Å². The predicted molar refractivity (Wildman–Crippen MR) is 135 cm³/mol. The summed E-state index contributed by atoms with van der Waals surface area (Å²) >= 11 is 0. The molecule has 1 aliphatic rings. The number of amides is 1. The number of benzene rings is 2. The van der Waals surface area contributed by atoms with Crippen LogP contribution in [0.4, 0.5) is 23.4 Å². The van der Waals surface area contributed by atoms with Gasteiger partial charge in [-0.15, -0.1) is 0 Å². The fourth-order valence-corrected chi connectivity index (χ4v) is 4.33. The number of anilines is 1. The van der Waals surface area contributed by atoms with E-state index < -0.39 is 41.0 Å². The van der Waals surface area contributed by atoms with Crippen molar-refractivity contribution in [3.8, 4) is 5.75 Å². The smallest absolute Gasteiger partial charge is 0.417 e. The molecular weight excluding hydrogens is 518 g/mol. The monoisotopic (exact) mass is 545 g/mol. The Morgan fingerprint density at radius 2 is 1.87 bits per heavy atom.